The number of aromatic nitrogens is 2. The van der Waals surface area contributed by atoms with E-state index in [9.17, 15) is 9.59 Å². The predicted octanol–water partition coefficient (Wildman–Crippen LogP) is 4.23. The van der Waals surface area contributed by atoms with Crippen LogP contribution in [0.4, 0.5) is 5.13 Å². The van der Waals surface area contributed by atoms with Gasteiger partial charge in [-0.2, -0.15) is 0 Å². The Labute approximate surface area is 180 Å². The van der Waals surface area contributed by atoms with E-state index < -0.39 is 11.5 Å². The molecule has 1 heterocycles. The molecule has 2 amide bonds. The molecule has 30 heavy (non-hydrogen) atoms. The zero-order valence-electron chi connectivity index (χ0n) is 17.6. The molecule has 0 spiro atoms. The fourth-order valence-electron chi connectivity index (χ4n) is 2.71. The molecule has 1 unspecified atom stereocenters. The first-order valence-corrected chi connectivity index (χ1v) is 10.6. The van der Waals surface area contributed by atoms with E-state index >= 15 is 0 Å². The van der Waals surface area contributed by atoms with Gasteiger partial charge in [-0.25, -0.2) is 0 Å². The lowest BCUT2D eigenvalue weighted by molar-refractivity contribution is -0.132. The number of amides is 2. The zero-order valence-corrected chi connectivity index (χ0v) is 18.4. The van der Waals surface area contributed by atoms with Crippen LogP contribution in [-0.4, -0.2) is 28.1 Å². The van der Waals surface area contributed by atoms with Crippen LogP contribution < -0.4 is 10.6 Å². The number of hydrogen-bond acceptors (Lipinski definition) is 5. The number of anilines is 1. The van der Waals surface area contributed by atoms with Gasteiger partial charge in [0, 0.05) is 17.4 Å². The third kappa shape index (κ3) is 5.73. The molecular weight excluding hydrogens is 396 g/mol. The summed E-state index contributed by atoms with van der Waals surface area (Å²) in [6.45, 7) is 7.48. The largest absolute Gasteiger partial charge is 0.344 e. The van der Waals surface area contributed by atoms with Crippen LogP contribution in [0.15, 0.2) is 54.6 Å². The Hall–Kier alpha value is -3.06. The predicted molar refractivity (Wildman–Crippen MR) is 120 cm³/mol. The van der Waals surface area contributed by atoms with Gasteiger partial charge in [-0.1, -0.05) is 92.3 Å². The van der Waals surface area contributed by atoms with Crippen molar-refractivity contribution < 1.29 is 9.59 Å². The molecule has 7 heteroatoms. The molecular formula is C23H26N4O2S. The lowest BCUT2D eigenvalue weighted by atomic mass is 9.94. The maximum atomic E-state index is 13.0. The SMILES string of the molecule is Cc1ccc(-c2nnc(NC(=O)C(Cc3ccccc3)NC(=O)C(C)(C)C)s2)cc1. The van der Waals surface area contributed by atoms with E-state index in [0.717, 1.165) is 21.7 Å². The van der Waals surface area contributed by atoms with Gasteiger partial charge in [0.1, 0.15) is 11.0 Å². The fourth-order valence-corrected chi connectivity index (χ4v) is 3.46. The first-order chi connectivity index (χ1) is 14.2. The number of nitrogens with one attached hydrogen (secondary N) is 2. The minimum atomic E-state index is -0.717. The van der Waals surface area contributed by atoms with E-state index in [1.807, 2.05) is 82.3 Å². The van der Waals surface area contributed by atoms with Crippen LogP contribution in [0.3, 0.4) is 0 Å². The summed E-state index contributed by atoms with van der Waals surface area (Å²) in [7, 11) is 0. The minimum absolute atomic E-state index is 0.184. The summed E-state index contributed by atoms with van der Waals surface area (Å²) in [5, 5.41) is 15.1. The molecule has 0 fully saturated rings. The Bertz CT molecular complexity index is 1010. The molecule has 3 aromatic rings. The summed E-state index contributed by atoms with van der Waals surface area (Å²) in [4.78, 5) is 25.5. The van der Waals surface area contributed by atoms with Gasteiger partial charge < -0.3 is 5.32 Å². The number of nitrogens with zero attached hydrogens (tertiary/aromatic N) is 2. The van der Waals surface area contributed by atoms with Gasteiger partial charge in [-0.15, -0.1) is 10.2 Å². The maximum Gasteiger partial charge on any atom is 0.249 e. The Balaban J connectivity index is 1.75. The van der Waals surface area contributed by atoms with Crippen LogP contribution in [0.5, 0.6) is 0 Å². The summed E-state index contributed by atoms with van der Waals surface area (Å²) in [6, 6.07) is 16.9. The van der Waals surface area contributed by atoms with Crippen molar-refractivity contribution in [3.8, 4) is 10.6 Å². The number of carbonyl (C=O) groups excluding carboxylic acids is 2. The summed E-state index contributed by atoms with van der Waals surface area (Å²) in [5.41, 5.74) is 2.47. The Morgan fingerprint density at radius 2 is 1.67 bits per heavy atom. The average molecular weight is 423 g/mol. The Kier molecular flexibility index (Phi) is 6.62. The molecule has 1 atom stereocenters. The van der Waals surface area contributed by atoms with Gasteiger partial charge >= 0.3 is 0 Å². The topological polar surface area (TPSA) is 84.0 Å². The van der Waals surface area contributed by atoms with Crippen molar-refractivity contribution in [3.05, 3.63) is 65.7 Å². The number of benzene rings is 2. The number of carbonyl (C=O) groups is 2. The zero-order chi connectivity index (χ0) is 21.7. The highest BCUT2D eigenvalue weighted by atomic mass is 32.1. The molecule has 156 valence electrons. The monoisotopic (exact) mass is 422 g/mol. The van der Waals surface area contributed by atoms with Crippen LogP contribution in [0.25, 0.3) is 10.6 Å². The molecule has 0 saturated heterocycles. The molecule has 1 aromatic heterocycles. The van der Waals surface area contributed by atoms with Crippen molar-refractivity contribution >= 4 is 28.3 Å². The van der Waals surface area contributed by atoms with Crippen LogP contribution in [0.2, 0.25) is 0 Å². The van der Waals surface area contributed by atoms with Crippen LogP contribution in [-0.2, 0) is 16.0 Å². The highest BCUT2D eigenvalue weighted by Gasteiger charge is 2.28. The van der Waals surface area contributed by atoms with Crippen molar-refractivity contribution in [2.24, 2.45) is 5.41 Å². The van der Waals surface area contributed by atoms with E-state index in [1.54, 1.807) is 0 Å². The standard InChI is InChI=1S/C23H26N4O2S/c1-15-10-12-17(13-11-15)20-26-27-22(30-20)25-19(28)18(24-21(29)23(2,3)4)14-16-8-6-5-7-9-16/h5-13,18H,14H2,1-4H3,(H,24,29)(H,25,27,28). The van der Waals surface area contributed by atoms with E-state index in [-0.39, 0.29) is 11.8 Å². The molecule has 2 N–H and O–H groups in total. The Morgan fingerprint density at radius 3 is 2.30 bits per heavy atom. The summed E-state index contributed by atoms with van der Waals surface area (Å²) >= 11 is 1.30. The van der Waals surface area contributed by atoms with Crippen molar-refractivity contribution in [1.29, 1.82) is 0 Å². The van der Waals surface area contributed by atoms with Crippen molar-refractivity contribution in [3.63, 3.8) is 0 Å². The van der Waals surface area contributed by atoms with Gasteiger partial charge in [0.2, 0.25) is 16.9 Å². The van der Waals surface area contributed by atoms with Gasteiger partial charge in [-0.3, -0.25) is 14.9 Å². The third-order valence-electron chi connectivity index (χ3n) is 4.54. The van der Waals surface area contributed by atoms with E-state index in [1.165, 1.54) is 11.3 Å². The van der Waals surface area contributed by atoms with Gasteiger partial charge in [0.25, 0.3) is 0 Å². The second-order valence-electron chi connectivity index (χ2n) is 8.23. The summed E-state index contributed by atoms with van der Waals surface area (Å²) < 4.78 is 0. The Morgan fingerprint density at radius 1 is 1.00 bits per heavy atom. The molecule has 0 bridgehead atoms. The van der Waals surface area contributed by atoms with Crippen molar-refractivity contribution in [2.75, 3.05) is 5.32 Å². The lowest BCUT2D eigenvalue weighted by Crippen LogP contribution is -2.48. The fraction of sp³-hybridized carbons (Fsp3) is 0.304. The molecule has 0 radical (unpaired) electrons. The maximum absolute atomic E-state index is 13.0. The van der Waals surface area contributed by atoms with Crippen molar-refractivity contribution in [2.45, 2.75) is 40.2 Å². The minimum Gasteiger partial charge on any atom is -0.344 e. The average Bonchev–Trinajstić information content (AvgIpc) is 3.16. The number of aryl methyl sites for hydroxylation is 1. The van der Waals surface area contributed by atoms with Crippen LogP contribution >= 0.6 is 11.3 Å². The van der Waals surface area contributed by atoms with Gasteiger partial charge in [0.05, 0.1) is 0 Å². The van der Waals surface area contributed by atoms with E-state index in [2.05, 4.69) is 20.8 Å². The summed E-state index contributed by atoms with van der Waals surface area (Å²) in [6.07, 6.45) is 0.387. The van der Waals surface area contributed by atoms with Gasteiger partial charge in [0.15, 0.2) is 0 Å². The smallest absolute Gasteiger partial charge is 0.249 e. The molecule has 0 aliphatic rings. The normalized spacial score (nSPS) is 12.3. The molecule has 6 nitrogen and oxygen atoms in total. The molecule has 0 aliphatic carbocycles. The third-order valence-corrected chi connectivity index (χ3v) is 5.43. The molecule has 2 aromatic carbocycles. The van der Waals surface area contributed by atoms with E-state index in [4.69, 9.17) is 0 Å². The highest BCUT2D eigenvalue weighted by Crippen LogP contribution is 2.26. The molecule has 0 aliphatic heterocycles. The first-order valence-electron chi connectivity index (χ1n) is 9.78. The lowest BCUT2D eigenvalue weighted by Gasteiger charge is -2.23. The number of rotatable bonds is 6. The highest BCUT2D eigenvalue weighted by molar-refractivity contribution is 7.18. The van der Waals surface area contributed by atoms with Gasteiger partial charge in [-0.05, 0) is 12.5 Å². The molecule has 3 rings (SSSR count). The van der Waals surface area contributed by atoms with Crippen molar-refractivity contribution in [1.82, 2.24) is 15.5 Å². The number of hydrogen-bond donors (Lipinski definition) is 2. The molecule has 0 saturated carbocycles. The van der Waals surface area contributed by atoms with Crippen LogP contribution in [0, 0.1) is 12.3 Å². The van der Waals surface area contributed by atoms with Crippen LogP contribution in [0.1, 0.15) is 31.9 Å². The first kappa shape index (κ1) is 21.6. The summed E-state index contributed by atoms with van der Waals surface area (Å²) in [5.74, 6) is -0.501. The second kappa shape index (κ2) is 9.17. The quantitative estimate of drug-likeness (QED) is 0.623. The second-order valence-corrected chi connectivity index (χ2v) is 9.21. The van der Waals surface area contributed by atoms with E-state index in [0.29, 0.717) is 11.6 Å².